The summed E-state index contributed by atoms with van der Waals surface area (Å²) < 4.78 is 62.8. The Morgan fingerprint density at radius 2 is 0.885 bits per heavy atom. The molecule has 0 aliphatic heterocycles. The van der Waals surface area contributed by atoms with Crippen LogP contribution < -0.4 is 0 Å². The van der Waals surface area contributed by atoms with Crippen molar-refractivity contribution in [3.63, 3.8) is 0 Å². The van der Waals surface area contributed by atoms with Crippen LogP contribution in [0.15, 0.2) is 46.2 Å². The van der Waals surface area contributed by atoms with E-state index in [1.807, 2.05) is 0 Å². The fourth-order valence-electron chi connectivity index (χ4n) is 2.43. The van der Waals surface area contributed by atoms with Crippen molar-refractivity contribution in [3.8, 4) is 0 Å². The Balaban J connectivity index is 0.00000169. The molecule has 12 heteroatoms. The number of carbonyl (C=O) groups excluding carboxylic acids is 2. The molecule has 0 saturated carbocycles. The van der Waals surface area contributed by atoms with E-state index in [0.29, 0.717) is 0 Å². The standard InChI is InChI=1S/C14H8O8S2.2Na.2H/c15-13-9-3-1-7(23(17,18)19)5-11(9)14(16)10-4-2-8(6-12(10)13)24(20,21)22;;;;/h1-6H,(H,17,18,19)(H,20,21,22);;;;. The van der Waals surface area contributed by atoms with E-state index in [4.69, 9.17) is 9.11 Å². The third-order valence-corrected chi connectivity index (χ3v) is 5.26. The molecule has 0 atom stereocenters. The molecule has 2 N–H and O–H groups in total. The third kappa shape index (κ3) is 4.20. The molecule has 0 heterocycles. The van der Waals surface area contributed by atoms with Gasteiger partial charge in [0.15, 0.2) is 11.6 Å². The molecule has 8 nitrogen and oxygen atoms in total. The summed E-state index contributed by atoms with van der Waals surface area (Å²) in [6, 6.07) is 5.78. The van der Waals surface area contributed by atoms with Crippen LogP contribution in [0.2, 0.25) is 0 Å². The first-order valence-corrected chi connectivity index (χ1v) is 9.20. The molecular weight excluding hydrogens is 406 g/mol. The zero-order chi connectivity index (χ0) is 17.9. The summed E-state index contributed by atoms with van der Waals surface area (Å²) in [4.78, 5) is 23.8. The average molecular weight is 416 g/mol. The van der Waals surface area contributed by atoms with Gasteiger partial charge in [-0.2, -0.15) is 16.8 Å². The van der Waals surface area contributed by atoms with E-state index in [0.717, 1.165) is 36.4 Å². The van der Waals surface area contributed by atoms with Gasteiger partial charge in [-0.1, -0.05) is 0 Å². The number of hydrogen-bond donors (Lipinski definition) is 2. The monoisotopic (exact) mass is 416 g/mol. The van der Waals surface area contributed by atoms with Crippen LogP contribution >= 0.6 is 0 Å². The molecule has 0 bridgehead atoms. The van der Waals surface area contributed by atoms with Gasteiger partial charge in [-0.25, -0.2) is 0 Å². The molecule has 0 unspecified atom stereocenters. The van der Waals surface area contributed by atoms with Crippen molar-refractivity contribution in [1.29, 1.82) is 0 Å². The molecule has 3 rings (SSSR count). The molecule has 0 fully saturated rings. The van der Waals surface area contributed by atoms with Crippen molar-refractivity contribution in [1.82, 2.24) is 0 Å². The molecule has 0 radical (unpaired) electrons. The Morgan fingerprint density at radius 3 is 1.15 bits per heavy atom. The van der Waals surface area contributed by atoms with Crippen LogP contribution in [0, 0.1) is 0 Å². The van der Waals surface area contributed by atoms with Crippen LogP contribution in [0.4, 0.5) is 0 Å². The van der Waals surface area contributed by atoms with Crippen molar-refractivity contribution in [2.45, 2.75) is 9.79 Å². The molecule has 0 aromatic heterocycles. The van der Waals surface area contributed by atoms with Gasteiger partial charge in [-0.15, -0.1) is 0 Å². The Hall–Kier alpha value is -0.400. The number of ketones is 2. The Morgan fingerprint density at radius 1 is 0.577 bits per heavy atom. The summed E-state index contributed by atoms with van der Waals surface area (Å²) in [7, 11) is -9.11. The molecule has 0 saturated heterocycles. The molecule has 1 aliphatic rings. The van der Waals surface area contributed by atoms with Gasteiger partial charge >= 0.3 is 59.1 Å². The molecule has 2 aromatic rings. The topological polar surface area (TPSA) is 143 Å². The fourth-order valence-corrected chi connectivity index (χ4v) is 3.44. The van der Waals surface area contributed by atoms with Crippen LogP contribution in [0.3, 0.4) is 0 Å². The molecular formula is C14H10Na2O8S2. The zero-order valence-electron chi connectivity index (χ0n) is 11.6. The first-order chi connectivity index (χ1) is 11.0. The molecule has 1 aliphatic carbocycles. The second kappa shape index (κ2) is 7.92. The Bertz CT molecular complexity index is 1050. The number of carbonyl (C=O) groups is 2. The number of fused-ring (bicyclic) bond motifs is 2. The maximum atomic E-state index is 12.5. The predicted octanol–water partition coefficient (Wildman–Crippen LogP) is -0.342. The molecule has 0 spiro atoms. The second-order valence-electron chi connectivity index (χ2n) is 5.02. The predicted molar refractivity (Wildman–Crippen MR) is 93.7 cm³/mol. The van der Waals surface area contributed by atoms with Gasteiger partial charge in [0, 0.05) is 22.3 Å². The summed E-state index contributed by atoms with van der Waals surface area (Å²) >= 11 is 0. The summed E-state index contributed by atoms with van der Waals surface area (Å²) in [5.41, 5.74) is -0.704. The number of benzene rings is 2. The molecule has 26 heavy (non-hydrogen) atoms. The van der Waals surface area contributed by atoms with Gasteiger partial charge in [0.05, 0.1) is 9.79 Å². The van der Waals surface area contributed by atoms with Crippen LogP contribution in [0.1, 0.15) is 31.8 Å². The Labute approximate surface area is 193 Å². The normalized spacial score (nSPS) is 13.2. The summed E-state index contributed by atoms with van der Waals surface area (Å²) in [6.45, 7) is 0. The third-order valence-electron chi connectivity index (χ3n) is 3.56. The second-order valence-corrected chi connectivity index (χ2v) is 7.87. The SMILES string of the molecule is O=C1c2ccc(S(=O)(=O)O)cc2C(=O)c2ccc(S(=O)(=O)O)cc21.[NaH].[NaH]. The van der Waals surface area contributed by atoms with Crippen LogP contribution in [-0.2, 0) is 20.2 Å². The van der Waals surface area contributed by atoms with E-state index in [-0.39, 0.29) is 81.4 Å². The van der Waals surface area contributed by atoms with Gasteiger partial charge in [0.2, 0.25) is 0 Å². The quantitative estimate of drug-likeness (QED) is 0.427. The van der Waals surface area contributed by atoms with E-state index < -0.39 is 41.6 Å². The van der Waals surface area contributed by atoms with E-state index in [9.17, 15) is 26.4 Å². The van der Waals surface area contributed by atoms with E-state index in [2.05, 4.69) is 0 Å². The minimum absolute atomic E-state index is 0. The van der Waals surface area contributed by atoms with Crippen LogP contribution in [0.5, 0.6) is 0 Å². The average Bonchev–Trinajstić information content (AvgIpc) is 2.49. The van der Waals surface area contributed by atoms with Crippen LogP contribution in [0.25, 0.3) is 0 Å². The Kier molecular flexibility index (Phi) is 7.20. The first kappa shape index (κ1) is 23.6. The van der Waals surface area contributed by atoms with Crippen molar-refractivity contribution in [2.75, 3.05) is 0 Å². The van der Waals surface area contributed by atoms with E-state index >= 15 is 0 Å². The number of rotatable bonds is 2. The summed E-state index contributed by atoms with van der Waals surface area (Å²) in [5.74, 6) is -1.40. The van der Waals surface area contributed by atoms with Crippen molar-refractivity contribution in [2.24, 2.45) is 0 Å². The molecule has 0 amide bonds. The summed E-state index contributed by atoms with van der Waals surface area (Å²) in [5, 5.41) is 0. The zero-order valence-corrected chi connectivity index (χ0v) is 13.3. The molecule has 128 valence electrons. The minimum atomic E-state index is -4.56. The molecule has 2 aromatic carbocycles. The maximum absolute atomic E-state index is 12.5. The van der Waals surface area contributed by atoms with Gasteiger partial charge in [-0.05, 0) is 36.4 Å². The number of hydrogen-bond acceptors (Lipinski definition) is 6. The summed E-state index contributed by atoms with van der Waals surface area (Å²) in [6.07, 6.45) is 0. The van der Waals surface area contributed by atoms with E-state index in [1.165, 1.54) is 0 Å². The first-order valence-electron chi connectivity index (χ1n) is 6.32. The van der Waals surface area contributed by atoms with Gasteiger partial charge in [-0.3, -0.25) is 18.7 Å². The van der Waals surface area contributed by atoms with Gasteiger partial charge in [0.1, 0.15) is 0 Å². The van der Waals surface area contributed by atoms with Gasteiger partial charge in [0.25, 0.3) is 20.2 Å². The van der Waals surface area contributed by atoms with Crippen LogP contribution in [-0.4, -0.2) is 96.6 Å². The fraction of sp³-hybridized carbons (Fsp3) is 0. The van der Waals surface area contributed by atoms with Crippen molar-refractivity contribution < 1.29 is 35.5 Å². The van der Waals surface area contributed by atoms with Crippen molar-refractivity contribution in [3.05, 3.63) is 58.7 Å². The van der Waals surface area contributed by atoms with E-state index in [1.54, 1.807) is 0 Å². The van der Waals surface area contributed by atoms with Gasteiger partial charge < -0.3 is 0 Å². The van der Waals surface area contributed by atoms with Crippen molar-refractivity contribution >= 4 is 90.9 Å².